The predicted octanol–water partition coefficient (Wildman–Crippen LogP) is 0.520. The van der Waals surface area contributed by atoms with Gasteiger partial charge in [0, 0.05) is 0 Å². The molecule has 0 saturated carbocycles. The van der Waals surface area contributed by atoms with Crippen LogP contribution in [0.1, 0.15) is 18.1 Å². The van der Waals surface area contributed by atoms with Crippen LogP contribution >= 0.6 is 0 Å². The Hall–Kier alpha value is -0.272. The van der Waals surface area contributed by atoms with Gasteiger partial charge in [-0.3, -0.25) is 0 Å². The molecular weight excluding hydrogens is 406 g/mol. The summed E-state index contributed by atoms with van der Waals surface area (Å²) in [5, 5.41) is 1.29. The van der Waals surface area contributed by atoms with Crippen LogP contribution in [0.2, 0.25) is 10.9 Å². The van der Waals surface area contributed by atoms with Crippen LogP contribution in [0.4, 0.5) is 0 Å². The largest absolute Gasteiger partial charge is 1.00 e. The summed E-state index contributed by atoms with van der Waals surface area (Å²) in [6.07, 6.45) is 0. The third kappa shape index (κ3) is 3.25. The Kier molecular flexibility index (Phi) is 6.13. The summed E-state index contributed by atoms with van der Waals surface area (Å²) in [4.78, 5) is 0. The fourth-order valence-corrected chi connectivity index (χ4v) is 10.00. The van der Waals surface area contributed by atoms with E-state index in [2.05, 4.69) is 75.0 Å². The Bertz CT molecular complexity index is 503. The molecule has 0 N–H and O–H groups in total. The molecule has 0 atom stereocenters. The first-order valence-corrected chi connectivity index (χ1v) is 11.7. The summed E-state index contributed by atoms with van der Waals surface area (Å²) < 4.78 is 3.24. The first kappa shape index (κ1) is 16.8. The van der Waals surface area contributed by atoms with Crippen LogP contribution in [0.5, 0.6) is 0 Å². The van der Waals surface area contributed by atoms with E-state index in [1.54, 1.807) is 8.70 Å². The van der Waals surface area contributed by atoms with Crippen LogP contribution in [0.15, 0.2) is 48.5 Å². The second-order valence-electron chi connectivity index (χ2n) is 5.08. The van der Waals surface area contributed by atoms with Crippen molar-refractivity contribution in [2.75, 3.05) is 0 Å². The second kappa shape index (κ2) is 6.94. The van der Waals surface area contributed by atoms with Crippen molar-refractivity contribution >= 4 is 22.3 Å². The molecule has 102 valence electrons. The van der Waals surface area contributed by atoms with Gasteiger partial charge in [0.25, 0.3) is 0 Å². The first-order chi connectivity index (χ1) is 8.59. The summed E-state index contributed by atoms with van der Waals surface area (Å²) in [6.45, 7) is 6.86. The molecule has 2 heteroatoms. The molecule has 0 spiro atoms. The number of rotatable bonds is 3. The Morgan fingerprint density at radius 1 is 0.789 bits per heavy atom. The molecule has 0 radical (unpaired) electrons. The van der Waals surface area contributed by atoms with Crippen molar-refractivity contribution < 1.29 is 24.0 Å². The van der Waals surface area contributed by atoms with Crippen molar-refractivity contribution in [2.24, 2.45) is 0 Å². The molecule has 0 aliphatic heterocycles. The normalized spacial score (nSPS) is 10.9. The number of hydrogen-bond acceptors (Lipinski definition) is 0. The zero-order chi connectivity index (χ0) is 13.2. The number of hydrogen-bond donors (Lipinski definition) is 0. The van der Waals surface area contributed by atoms with Crippen LogP contribution in [0.25, 0.3) is 0 Å². The van der Waals surface area contributed by atoms with E-state index in [1.807, 2.05) is 0 Å². The molecule has 0 aliphatic rings. The van der Waals surface area contributed by atoms with E-state index >= 15 is 0 Å². The van der Waals surface area contributed by atoms with Crippen LogP contribution in [0.3, 0.4) is 0 Å². The maximum Gasteiger partial charge on any atom is -1.00 e. The van der Waals surface area contributed by atoms with E-state index in [0.29, 0.717) is 0 Å². The number of halogens is 1. The molecule has 0 heterocycles. The van der Waals surface area contributed by atoms with Crippen LogP contribution in [0, 0.1) is 13.8 Å². The molecular formula is C17H22AsI. The fourth-order valence-electron chi connectivity index (χ4n) is 2.70. The van der Waals surface area contributed by atoms with Gasteiger partial charge in [0.2, 0.25) is 0 Å². The fraction of sp³-hybridized carbons (Fsp3) is 0.294. The quantitative estimate of drug-likeness (QED) is 0.495. The molecule has 0 amide bonds. The van der Waals surface area contributed by atoms with Crippen molar-refractivity contribution in [3.05, 3.63) is 59.7 Å². The first-order valence-electron chi connectivity index (χ1n) is 6.57. The second-order valence-corrected chi connectivity index (χ2v) is 13.4. The Morgan fingerprint density at radius 3 is 1.47 bits per heavy atom. The van der Waals surface area contributed by atoms with Crippen molar-refractivity contribution in [3.8, 4) is 0 Å². The summed E-state index contributed by atoms with van der Waals surface area (Å²) in [6, 6.07) is 17.9. The molecule has 0 bridgehead atoms. The van der Waals surface area contributed by atoms with Crippen LogP contribution in [-0.2, 0) is 0 Å². The number of benzene rings is 2. The summed E-state index contributed by atoms with van der Waals surface area (Å²) in [5.74, 6) is 0. The summed E-state index contributed by atoms with van der Waals surface area (Å²) >= 11 is -1.96. The zero-order valence-corrected chi connectivity index (χ0v) is 16.2. The standard InChI is InChI=1S/C17H22As.HI/c1-5-18(4,16-12-8-6-10-14(16)2)17-13-9-7-11-15(17)3;/h6-13H,5H2,1-4H3;1H/q+1;/p-1. The van der Waals surface area contributed by atoms with E-state index in [9.17, 15) is 0 Å². The summed E-state index contributed by atoms with van der Waals surface area (Å²) in [7, 11) is 0. The molecule has 0 saturated heterocycles. The van der Waals surface area contributed by atoms with E-state index in [0.717, 1.165) is 0 Å². The SMILES string of the molecule is CC[As+](C)(c1ccccc1C)c1ccccc1C.[I-]. The van der Waals surface area contributed by atoms with Gasteiger partial charge in [-0.2, -0.15) is 0 Å². The van der Waals surface area contributed by atoms with Gasteiger partial charge in [0.05, 0.1) is 0 Å². The van der Waals surface area contributed by atoms with E-state index in [1.165, 1.54) is 16.3 Å². The van der Waals surface area contributed by atoms with Gasteiger partial charge in [0.1, 0.15) is 0 Å². The molecule has 2 aromatic carbocycles. The minimum atomic E-state index is -1.96. The van der Waals surface area contributed by atoms with Gasteiger partial charge in [-0.25, -0.2) is 0 Å². The number of aryl methyl sites for hydroxylation is 2. The Labute approximate surface area is 137 Å². The Balaban J connectivity index is 0.00000180. The molecule has 2 aromatic rings. The third-order valence-corrected chi connectivity index (χ3v) is 13.1. The molecule has 0 unspecified atom stereocenters. The van der Waals surface area contributed by atoms with Crippen molar-refractivity contribution in [1.29, 1.82) is 0 Å². The van der Waals surface area contributed by atoms with Gasteiger partial charge in [-0.1, -0.05) is 0 Å². The van der Waals surface area contributed by atoms with Gasteiger partial charge in [-0.15, -0.1) is 0 Å². The maximum atomic E-state index is 2.53. The van der Waals surface area contributed by atoms with Crippen molar-refractivity contribution in [1.82, 2.24) is 0 Å². The molecule has 19 heavy (non-hydrogen) atoms. The van der Waals surface area contributed by atoms with Gasteiger partial charge < -0.3 is 24.0 Å². The van der Waals surface area contributed by atoms with Gasteiger partial charge in [-0.05, 0) is 0 Å². The molecule has 0 aliphatic carbocycles. The van der Waals surface area contributed by atoms with E-state index < -0.39 is 13.6 Å². The minimum Gasteiger partial charge on any atom is -1.00 e. The maximum absolute atomic E-state index is 2.53. The topological polar surface area (TPSA) is 0 Å². The smallest absolute Gasteiger partial charge is 1.00 e. The zero-order valence-electron chi connectivity index (χ0n) is 12.2. The predicted molar refractivity (Wildman–Crippen MR) is 83.7 cm³/mol. The molecule has 2 rings (SSSR count). The van der Waals surface area contributed by atoms with E-state index in [-0.39, 0.29) is 24.0 Å². The molecule has 0 fully saturated rings. The van der Waals surface area contributed by atoms with Gasteiger partial charge >= 0.3 is 114 Å². The van der Waals surface area contributed by atoms with Crippen LogP contribution in [-0.4, -0.2) is 13.6 Å². The Morgan fingerprint density at radius 2 is 1.16 bits per heavy atom. The van der Waals surface area contributed by atoms with Crippen LogP contribution < -0.4 is 32.7 Å². The minimum absolute atomic E-state index is 0. The summed E-state index contributed by atoms with van der Waals surface area (Å²) in [5.41, 5.74) is 5.44. The monoisotopic (exact) mass is 428 g/mol. The van der Waals surface area contributed by atoms with Crippen molar-refractivity contribution in [2.45, 2.75) is 31.7 Å². The average molecular weight is 428 g/mol. The van der Waals surface area contributed by atoms with E-state index in [4.69, 9.17) is 0 Å². The molecule has 0 aromatic heterocycles. The van der Waals surface area contributed by atoms with Crippen molar-refractivity contribution in [3.63, 3.8) is 0 Å². The molecule has 0 nitrogen and oxygen atoms in total. The average Bonchev–Trinajstić information content (AvgIpc) is 2.39. The third-order valence-electron chi connectivity index (χ3n) is 3.93. The van der Waals surface area contributed by atoms with Gasteiger partial charge in [0.15, 0.2) is 0 Å².